The van der Waals surface area contributed by atoms with E-state index in [0.717, 1.165) is 11.4 Å². The highest BCUT2D eigenvalue weighted by molar-refractivity contribution is 6.30. The van der Waals surface area contributed by atoms with E-state index in [1.54, 1.807) is 18.3 Å². The predicted octanol–water partition coefficient (Wildman–Crippen LogP) is 3.17. The third kappa shape index (κ3) is 4.14. The number of hydrogen-bond donors (Lipinski definition) is 1. The fourth-order valence-electron chi connectivity index (χ4n) is 2.47. The normalized spacial score (nSPS) is 16.6. The molecule has 1 N–H and O–H groups in total. The van der Waals surface area contributed by atoms with Gasteiger partial charge in [-0.2, -0.15) is 0 Å². The van der Waals surface area contributed by atoms with Gasteiger partial charge < -0.3 is 10.0 Å². The maximum atomic E-state index is 10.6. The number of aliphatic hydroxyl groups is 1. The van der Waals surface area contributed by atoms with E-state index in [1.165, 1.54) is 6.20 Å². The van der Waals surface area contributed by atoms with Crippen molar-refractivity contribution in [2.24, 2.45) is 0 Å². The molecule has 2 aromatic rings. The largest absolute Gasteiger partial charge is 0.377 e. The van der Waals surface area contributed by atoms with Crippen LogP contribution in [0.5, 0.6) is 0 Å². The van der Waals surface area contributed by atoms with E-state index in [9.17, 15) is 5.11 Å². The van der Waals surface area contributed by atoms with Crippen molar-refractivity contribution in [2.75, 3.05) is 18.0 Å². The van der Waals surface area contributed by atoms with Gasteiger partial charge in [-0.3, -0.25) is 4.98 Å². The summed E-state index contributed by atoms with van der Waals surface area (Å²) in [4.78, 5) is 10.3. The summed E-state index contributed by atoms with van der Waals surface area (Å²) in [6.07, 6.45) is 4.25. The van der Waals surface area contributed by atoms with Crippen LogP contribution in [0.2, 0.25) is 10.2 Å². The van der Waals surface area contributed by atoms with Crippen LogP contribution in [0.25, 0.3) is 0 Å². The van der Waals surface area contributed by atoms with Gasteiger partial charge in [-0.1, -0.05) is 41.1 Å². The molecule has 2 heterocycles. The van der Waals surface area contributed by atoms with Gasteiger partial charge >= 0.3 is 0 Å². The average molecular weight is 348 g/mol. The molecule has 1 fully saturated rings. The van der Waals surface area contributed by atoms with E-state index in [1.807, 2.05) is 12.1 Å². The molecule has 1 aromatic carbocycles. The van der Waals surface area contributed by atoms with Crippen LogP contribution < -0.4 is 4.90 Å². The summed E-state index contributed by atoms with van der Waals surface area (Å²) in [5.41, 5.74) is -0.195. The topological polar surface area (TPSA) is 49.2 Å². The molecule has 0 saturated carbocycles. The molecule has 1 saturated heterocycles. The molecule has 6 heteroatoms. The molecular formula is C17H15Cl2N3O. The molecule has 0 aliphatic carbocycles. The van der Waals surface area contributed by atoms with E-state index >= 15 is 0 Å². The molecule has 4 nitrogen and oxygen atoms in total. The molecule has 1 aromatic heterocycles. The Balaban J connectivity index is 1.68. The molecule has 118 valence electrons. The number of anilines is 1. The van der Waals surface area contributed by atoms with Gasteiger partial charge in [0.25, 0.3) is 0 Å². The lowest BCUT2D eigenvalue weighted by Crippen LogP contribution is -2.44. The van der Waals surface area contributed by atoms with Crippen molar-refractivity contribution in [2.45, 2.75) is 18.4 Å². The maximum absolute atomic E-state index is 10.6. The fourth-order valence-corrected chi connectivity index (χ4v) is 2.80. The van der Waals surface area contributed by atoms with Crippen LogP contribution in [0.3, 0.4) is 0 Å². The van der Waals surface area contributed by atoms with Crippen LogP contribution in [0.4, 0.5) is 5.82 Å². The molecule has 0 bridgehead atoms. The molecule has 0 radical (unpaired) electrons. The first-order chi connectivity index (χ1) is 11.0. The van der Waals surface area contributed by atoms with Gasteiger partial charge in [0.1, 0.15) is 16.6 Å². The summed E-state index contributed by atoms with van der Waals surface area (Å²) in [7, 11) is 0. The molecule has 3 rings (SSSR count). The van der Waals surface area contributed by atoms with Crippen molar-refractivity contribution in [3.8, 4) is 11.8 Å². The summed E-state index contributed by atoms with van der Waals surface area (Å²) in [5, 5.41) is 11.6. The minimum Gasteiger partial charge on any atom is -0.377 e. The summed E-state index contributed by atoms with van der Waals surface area (Å²) in [6.45, 7) is 1.30. The predicted molar refractivity (Wildman–Crippen MR) is 91.8 cm³/mol. The zero-order valence-electron chi connectivity index (χ0n) is 12.3. The number of rotatable bonds is 1. The Morgan fingerprint density at radius 3 is 2.65 bits per heavy atom. The van der Waals surface area contributed by atoms with Crippen LogP contribution in [0.1, 0.15) is 18.4 Å². The van der Waals surface area contributed by atoms with Crippen LogP contribution in [-0.4, -0.2) is 33.8 Å². The van der Waals surface area contributed by atoms with Gasteiger partial charge in [0, 0.05) is 36.5 Å². The highest BCUT2D eigenvalue weighted by atomic mass is 35.5. The summed E-state index contributed by atoms with van der Waals surface area (Å²) in [6, 6.07) is 7.30. The smallest absolute Gasteiger partial charge is 0.149 e. The fraction of sp³-hybridized carbons (Fsp3) is 0.294. The Hall–Kier alpha value is -1.80. The van der Waals surface area contributed by atoms with Crippen molar-refractivity contribution >= 4 is 29.0 Å². The second-order valence-corrected chi connectivity index (χ2v) is 6.30. The lowest BCUT2D eigenvalue weighted by atomic mass is 9.92. The standard InChI is InChI=1S/C17H15Cl2N3O/c18-14-3-1-2-13(10-14)4-5-17(23)6-8-22(9-7-17)16-12-20-11-15(19)21-16/h1-3,10-12,23H,6-9H2. The van der Waals surface area contributed by atoms with Crippen LogP contribution in [0, 0.1) is 11.8 Å². The molecule has 0 unspecified atom stereocenters. The number of hydrogen-bond acceptors (Lipinski definition) is 4. The van der Waals surface area contributed by atoms with Gasteiger partial charge in [0.2, 0.25) is 0 Å². The SMILES string of the molecule is OC1(C#Cc2cccc(Cl)c2)CCN(c2cncc(Cl)n2)CC1. The van der Waals surface area contributed by atoms with E-state index in [-0.39, 0.29) is 0 Å². The third-order valence-corrected chi connectivity index (χ3v) is 4.19. The van der Waals surface area contributed by atoms with Gasteiger partial charge in [-0.05, 0) is 18.2 Å². The Morgan fingerprint density at radius 1 is 1.17 bits per heavy atom. The zero-order chi connectivity index (χ0) is 16.3. The number of benzene rings is 1. The second-order valence-electron chi connectivity index (χ2n) is 5.48. The van der Waals surface area contributed by atoms with Gasteiger partial charge in [0.15, 0.2) is 0 Å². The quantitative estimate of drug-likeness (QED) is 0.805. The van der Waals surface area contributed by atoms with Crippen molar-refractivity contribution in [3.63, 3.8) is 0 Å². The molecule has 1 aliphatic heterocycles. The van der Waals surface area contributed by atoms with E-state index < -0.39 is 5.60 Å². The summed E-state index contributed by atoms with van der Waals surface area (Å²) in [5.74, 6) is 6.71. The van der Waals surface area contributed by atoms with Crippen LogP contribution in [0.15, 0.2) is 36.7 Å². The van der Waals surface area contributed by atoms with Gasteiger partial charge in [0.05, 0.1) is 12.4 Å². The van der Waals surface area contributed by atoms with E-state index in [2.05, 4.69) is 26.7 Å². The Bertz CT molecular complexity index is 762. The first kappa shape index (κ1) is 16.1. The van der Waals surface area contributed by atoms with Crippen LogP contribution in [-0.2, 0) is 0 Å². The molecule has 23 heavy (non-hydrogen) atoms. The first-order valence-corrected chi connectivity index (χ1v) is 8.03. The summed E-state index contributed by atoms with van der Waals surface area (Å²) < 4.78 is 0. The highest BCUT2D eigenvalue weighted by Gasteiger charge is 2.31. The second kappa shape index (κ2) is 6.76. The molecule has 0 spiro atoms. The van der Waals surface area contributed by atoms with Crippen molar-refractivity contribution in [1.29, 1.82) is 0 Å². The number of halogens is 2. The summed E-state index contributed by atoms with van der Waals surface area (Å²) >= 11 is 11.8. The average Bonchev–Trinajstić information content (AvgIpc) is 2.54. The molecule has 1 aliphatic rings. The number of piperidine rings is 1. The third-order valence-electron chi connectivity index (χ3n) is 3.77. The molecule has 0 atom stereocenters. The molecule has 0 amide bonds. The Morgan fingerprint density at radius 2 is 1.96 bits per heavy atom. The first-order valence-electron chi connectivity index (χ1n) is 7.28. The molecular weight excluding hydrogens is 333 g/mol. The lowest BCUT2D eigenvalue weighted by molar-refractivity contribution is 0.0745. The highest BCUT2D eigenvalue weighted by Crippen LogP contribution is 2.25. The van der Waals surface area contributed by atoms with Gasteiger partial charge in [-0.25, -0.2) is 4.98 Å². The van der Waals surface area contributed by atoms with Crippen LogP contribution >= 0.6 is 23.2 Å². The Kier molecular flexibility index (Phi) is 4.72. The Labute approximate surface area is 145 Å². The van der Waals surface area contributed by atoms with E-state index in [4.69, 9.17) is 23.2 Å². The lowest BCUT2D eigenvalue weighted by Gasteiger charge is -2.35. The monoisotopic (exact) mass is 347 g/mol. The maximum Gasteiger partial charge on any atom is 0.149 e. The minimum atomic E-state index is -0.995. The van der Waals surface area contributed by atoms with Crippen molar-refractivity contribution < 1.29 is 5.11 Å². The van der Waals surface area contributed by atoms with Crippen molar-refractivity contribution in [1.82, 2.24) is 9.97 Å². The number of nitrogens with zero attached hydrogens (tertiary/aromatic N) is 3. The minimum absolute atomic E-state index is 0.365. The van der Waals surface area contributed by atoms with E-state index in [0.29, 0.717) is 36.1 Å². The van der Waals surface area contributed by atoms with Crippen molar-refractivity contribution in [3.05, 3.63) is 52.4 Å². The van der Waals surface area contributed by atoms with Gasteiger partial charge in [-0.15, -0.1) is 0 Å². The number of aromatic nitrogens is 2. The zero-order valence-corrected chi connectivity index (χ0v) is 13.8.